The lowest BCUT2D eigenvalue weighted by Crippen LogP contribution is -2.46. The largest absolute Gasteiger partial charge is 0.378 e. The van der Waals surface area contributed by atoms with Gasteiger partial charge >= 0.3 is 0 Å². The van der Waals surface area contributed by atoms with E-state index in [9.17, 15) is 8.42 Å². The van der Waals surface area contributed by atoms with Gasteiger partial charge in [-0.25, -0.2) is 13.1 Å². The van der Waals surface area contributed by atoms with Crippen LogP contribution in [-0.2, 0) is 24.2 Å². The van der Waals surface area contributed by atoms with Crippen molar-refractivity contribution in [1.82, 2.24) is 9.62 Å². The quantitative estimate of drug-likeness (QED) is 0.732. The minimum atomic E-state index is -3.55. The molecule has 7 nitrogen and oxygen atoms in total. The third-order valence-electron chi connectivity index (χ3n) is 4.46. The average molecular weight is 415 g/mol. The molecule has 8 heteroatoms. The number of sulfonamides is 1. The lowest BCUT2D eigenvalue weighted by atomic mass is 10.0. The first-order chi connectivity index (χ1) is 13.5. The molecule has 1 N–H and O–H groups in total. The number of nitrogens with one attached hydrogen (secondary N) is 1. The SMILES string of the molecule is CC(C)C[C@@H](CN1CCOCCOCCOCC1)NS(=O)(=O)c1ccccc1. The van der Waals surface area contributed by atoms with Gasteiger partial charge in [0.1, 0.15) is 0 Å². The lowest BCUT2D eigenvalue weighted by molar-refractivity contribution is -0.00682. The molecular weight excluding hydrogens is 380 g/mol. The Kier molecular flexibility index (Phi) is 10.4. The Morgan fingerprint density at radius 1 is 0.929 bits per heavy atom. The van der Waals surface area contributed by atoms with Crippen LogP contribution in [0.25, 0.3) is 0 Å². The minimum Gasteiger partial charge on any atom is -0.378 e. The molecule has 1 aliphatic heterocycles. The van der Waals surface area contributed by atoms with Crippen LogP contribution in [0, 0.1) is 5.92 Å². The second-order valence-corrected chi connectivity index (χ2v) is 9.11. The van der Waals surface area contributed by atoms with E-state index in [1.54, 1.807) is 24.3 Å². The van der Waals surface area contributed by atoms with Crippen molar-refractivity contribution in [3.63, 3.8) is 0 Å². The molecule has 1 aliphatic rings. The first kappa shape index (κ1) is 23.3. The summed E-state index contributed by atoms with van der Waals surface area (Å²) in [6.45, 7) is 9.70. The second kappa shape index (κ2) is 12.5. The summed E-state index contributed by atoms with van der Waals surface area (Å²) in [6, 6.07) is 8.35. The number of hydrogen-bond donors (Lipinski definition) is 1. The van der Waals surface area contributed by atoms with Gasteiger partial charge in [0.2, 0.25) is 10.0 Å². The summed E-state index contributed by atoms with van der Waals surface area (Å²) in [5, 5.41) is 0. The van der Waals surface area contributed by atoms with E-state index in [-0.39, 0.29) is 6.04 Å². The summed E-state index contributed by atoms with van der Waals surface area (Å²) in [5.41, 5.74) is 0. The maximum Gasteiger partial charge on any atom is 0.240 e. The van der Waals surface area contributed by atoms with Crippen molar-refractivity contribution >= 4 is 10.0 Å². The first-order valence-corrected chi connectivity index (χ1v) is 11.5. The van der Waals surface area contributed by atoms with Gasteiger partial charge in [-0.05, 0) is 24.5 Å². The summed E-state index contributed by atoms with van der Waals surface area (Å²) in [5.74, 6) is 0.376. The zero-order valence-electron chi connectivity index (χ0n) is 17.0. The molecule has 1 saturated heterocycles. The predicted octanol–water partition coefficient (Wildman–Crippen LogP) is 1.75. The molecule has 0 bridgehead atoms. The van der Waals surface area contributed by atoms with Gasteiger partial charge in [-0.2, -0.15) is 0 Å². The van der Waals surface area contributed by atoms with Crippen molar-refractivity contribution in [2.75, 3.05) is 59.3 Å². The smallest absolute Gasteiger partial charge is 0.240 e. The van der Waals surface area contributed by atoms with E-state index in [1.807, 2.05) is 6.07 Å². The van der Waals surface area contributed by atoms with Crippen LogP contribution in [0.5, 0.6) is 0 Å². The topological polar surface area (TPSA) is 77.1 Å². The number of nitrogens with zero attached hydrogens (tertiary/aromatic N) is 1. The summed E-state index contributed by atoms with van der Waals surface area (Å²) >= 11 is 0. The minimum absolute atomic E-state index is 0.179. The van der Waals surface area contributed by atoms with E-state index in [1.165, 1.54) is 0 Å². The highest BCUT2D eigenvalue weighted by molar-refractivity contribution is 7.89. The summed E-state index contributed by atoms with van der Waals surface area (Å²) in [7, 11) is -3.55. The second-order valence-electron chi connectivity index (χ2n) is 7.40. The van der Waals surface area contributed by atoms with Crippen molar-refractivity contribution in [1.29, 1.82) is 0 Å². The molecule has 0 aliphatic carbocycles. The average Bonchev–Trinajstić information content (AvgIpc) is 2.64. The van der Waals surface area contributed by atoms with Gasteiger partial charge in [0, 0.05) is 25.7 Å². The Morgan fingerprint density at radius 3 is 2.00 bits per heavy atom. The molecule has 1 aromatic rings. The molecule has 0 saturated carbocycles. The van der Waals surface area contributed by atoms with Crippen LogP contribution in [0.15, 0.2) is 35.2 Å². The molecular formula is C20H34N2O5S. The number of rotatable bonds is 7. The van der Waals surface area contributed by atoms with Crippen molar-refractivity contribution < 1.29 is 22.6 Å². The molecule has 0 amide bonds. The van der Waals surface area contributed by atoms with Gasteiger partial charge in [0.15, 0.2) is 0 Å². The fourth-order valence-electron chi connectivity index (χ4n) is 3.15. The van der Waals surface area contributed by atoms with E-state index in [0.29, 0.717) is 57.0 Å². The van der Waals surface area contributed by atoms with Gasteiger partial charge in [-0.15, -0.1) is 0 Å². The summed E-state index contributed by atoms with van der Waals surface area (Å²) < 4.78 is 45.1. The van der Waals surface area contributed by atoms with Crippen molar-refractivity contribution in [3.05, 3.63) is 30.3 Å². The van der Waals surface area contributed by atoms with Crippen LogP contribution < -0.4 is 4.72 Å². The van der Waals surface area contributed by atoms with E-state index in [0.717, 1.165) is 19.5 Å². The molecule has 28 heavy (non-hydrogen) atoms. The fourth-order valence-corrected chi connectivity index (χ4v) is 4.41. The summed E-state index contributed by atoms with van der Waals surface area (Å²) in [6.07, 6.45) is 0.762. The Morgan fingerprint density at radius 2 is 1.46 bits per heavy atom. The number of ether oxygens (including phenoxy) is 3. The maximum atomic E-state index is 12.8. The molecule has 160 valence electrons. The molecule has 1 heterocycles. The number of benzene rings is 1. The van der Waals surface area contributed by atoms with Crippen LogP contribution in [0.3, 0.4) is 0 Å². The predicted molar refractivity (Wildman–Crippen MR) is 109 cm³/mol. The van der Waals surface area contributed by atoms with E-state index < -0.39 is 10.0 Å². The third kappa shape index (κ3) is 8.98. The Labute approximate surface area is 169 Å². The first-order valence-electron chi connectivity index (χ1n) is 10.0. The molecule has 0 unspecified atom stereocenters. The van der Waals surface area contributed by atoms with E-state index >= 15 is 0 Å². The fraction of sp³-hybridized carbons (Fsp3) is 0.700. The maximum absolute atomic E-state index is 12.8. The van der Waals surface area contributed by atoms with Crippen LogP contribution in [0.1, 0.15) is 20.3 Å². The van der Waals surface area contributed by atoms with Crippen LogP contribution >= 0.6 is 0 Å². The van der Waals surface area contributed by atoms with Crippen molar-refractivity contribution in [2.24, 2.45) is 5.92 Å². The molecule has 1 aromatic carbocycles. The molecule has 2 rings (SSSR count). The van der Waals surface area contributed by atoms with Crippen molar-refractivity contribution in [2.45, 2.75) is 31.2 Å². The van der Waals surface area contributed by atoms with E-state index in [2.05, 4.69) is 23.5 Å². The zero-order valence-corrected chi connectivity index (χ0v) is 17.8. The van der Waals surface area contributed by atoms with Crippen LogP contribution in [0.2, 0.25) is 0 Å². The monoisotopic (exact) mass is 414 g/mol. The Balaban J connectivity index is 2.01. The molecule has 1 atom stereocenters. The zero-order chi connectivity index (χ0) is 20.2. The number of hydrogen-bond acceptors (Lipinski definition) is 6. The summed E-state index contributed by atoms with van der Waals surface area (Å²) in [4.78, 5) is 2.51. The molecule has 0 aromatic heterocycles. The van der Waals surface area contributed by atoms with Crippen molar-refractivity contribution in [3.8, 4) is 0 Å². The van der Waals surface area contributed by atoms with Gasteiger partial charge in [0.25, 0.3) is 0 Å². The highest BCUT2D eigenvalue weighted by Crippen LogP contribution is 2.13. The van der Waals surface area contributed by atoms with Gasteiger partial charge < -0.3 is 14.2 Å². The Bertz CT molecular complexity index is 627. The molecule has 1 fully saturated rings. The highest BCUT2D eigenvalue weighted by Gasteiger charge is 2.23. The van der Waals surface area contributed by atoms with Crippen LogP contribution in [-0.4, -0.2) is 78.6 Å². The van der Waals surface area contributed by atoms with E-state index in [4.69, 9.17) is 14.2 Å². The van der Waals surface area contributed by atoms with Gasteiger partial charge in [-0.1, -0.05) is 32.0 Å². The highest BCUT2D eigenvalue weighted by atomic mass is 32.2. The van der Waals surface area contributed by atoms with Crippen LogP contribution in [0.4, 0.5) is 0 Å². The normalized spacial score (nSPS) is 19.7. The van der Waals surface area contributed by atoms with Gasteiger partial charge in [-0.3, -0.25) is 4.90 Å². The van der Waals surface area contributed by atoms with Gasteiger partial charge in [0.05, 0.1) is 44.5 Å². The standard InChI is InChI=1S/C20H34N2O5S/c1-18(2)16-19(21-28(23,24)20-6-4-3-5-7-20)17-22-8-10-25-12-14-27-15-13-26-11-9-22/h3-7,18-19,21H,8-17H2,1-2H3/t19-/m0/s1. The lowest BCUT2D eigenvalue weighted by Gasteiger charge is -2.29. The third-order valence-corrected chi connectivity index (χ3v) is 5.99. The Hall–Kier alpha value is -1.03. The molecule has 0 spiro atoms. The molecule has 0 radical (unpaired) electrons.